The summed E-state index contributed by atoms with van der Waals surface area (Å²) in [5.41, 5.74) is 2.08. The van der Waals surface area contributed by atoms with E-state index in [4.69, 9.17) is 9.84 Å². The van der Waals surface area contributed by atoms with Gasteiger partial charge in [-0.1, -0.05) is 60.7 Å². The average molecular weight is 447 g/mol. The topological polar surface area (TPSA) is 105 Å². The number of amides is 2. The van der Waals surface area contributed by atoms with Crippen LogP contribution in [-0.4, -0.2) is 36.0 Å². The zero-order valence-corrected chi connectivity index (χ0v) is 18.2. The molecule has 3 aromatic rings. The Labute approximate surface area is 192 Å². The van der Waals surface area contributed by atoms with Crippen LogP contribution < -0.4 is 15.4 Å². The number of carbonyl (C=O) groups is 3. The Kier molecular flexibility index (Phi) is 8.18. The third-order valence-electron chi connectivity index (χ3n) is 5.17. The second-order valence-electron chi connectivity index (χ2n) is 7.45. The first-order valence-corrected chi connectivity index (χ1v) is 10.5. The highest BCUT2D eigenvalue weighted by molar-refractivity contribution is 5.97. The molecule has 0 fully saturated rings. The third kappa shape index (κ3) is 6.67. The molecule has 0 spiro atoms. The second-order valence-corrected chi connectivity index (χ2v) is 7.45. The van der Waals surface area contributed by atoms with Crippen LogP contribution in [0.15, 0.2) is 84.9 Å². The highest BCUT2D eigenvalue weighted by atomic mass is 16.5. The van der Waals surface area contributed by atoms with Crippen molar-refractivity contribution in [1.82, 2.24) is 10.6 Å². The number of aliphatic carboxylic acids is 1. The van der Waals surface area contributed by atoms with Gasteiger partial charge in [0.05, 0.1) is 13.2 Å². The van der Waals surface area contributed by atoms with E-state index in [0.717, 1.165) is 11.1 Å². The van der Waals surface area contributed by atoms with E-state index in [1.54, 1.807) is 24.3 Å². The Morgan fingerprint density at radius 2 is 1.36 bits per heavy atom. The van der Waals surface area contributed by atoms with Crippen LogP contribution in [-0.2, 0) is 9.59 Å². The molecule has 170 valence electrons. The normalized spacial score (nSPS) is 11.5. The molecule has 0 unspecified atom stereocenters. The molecular weight excluding hydrogens is 420 g/mol. The van der Waals surface area contributed by atoms with Gasteiger partial charge >= 0.3 is 5.97 Å². The lowest BCUT2D eigenvalue weighted by Gasteiger charge is -2.24. The van der Waals surface area contributed by atoms with Crippen molar-refractivity contribution >= 4 is 17.8 Å². The Morgan fingerprint density at radius 3 is 1.85 bits per heavy atom. The minimum Gasteiger partial charge on any atom is -0.497 e. The number of hydrogen-bond donors (Lipinski definition) is 3. The molecule has 0 saturated carbocycles. The number of methoxy groups -OCH3 is 1. The molecule has 2 amide bonds. The number of hydrogen-bond acceptors (Lipinski definition) is 4. The van der Waals surface area contributed by atoms with E-state index in [0.29, 0.717) is 11.3 Å². The van der Waals surface area contributed by atoms with Gasteiger partial charge in [0.1, 0.15) is 11.8 Å². The van der Waals surface area contributed by atoms with E-state index in [1.807, 2.05) is 60.7 Å². The predicted molar refractivity (Wildman–Crippen MR) is 124 cm³/mol. The van der Waals surface area contributed by atoms with E-state index < -0.39 is 29.9 Å². The number of benzene rings is 3. The molecule has 33 heavy (non-hydrogen) atoms. The highest BCUT2D eigenvalue weighted by Crippen LogP contribution is 2.22. The summed E-state index contributed by atoms with van der Waals surface area (Å²) >= 11 is 0. The van der Waals surface area contributed by atoms with Gasteiger partial charge in [0.2, 0.25) is 5.91 Å². The van der Waals surface area contributed by atoms with Gasteiger partial charge in [-0.05, 0) is 41.8 Å². The monoisotopic (exact) mass is 446 g/mol. The highest BCUT2D eigenvalue weighted by Gasteiger charge is 2.26. The minimum absolute atomic E-state index is 0.0423. The first-order valence-electron chi connectivity index (χ1n) is 10.5. The quantitative estimate of drug-likeness (QED) is 0.442. The predicted octanol–water partition coefficient (Wildman–Crippen LogP) is 3.56. The maximum absolute atomic E-state index is 13.2. The number of rotatable bonds is 10. The van der Waals surface area contributed by atoms with E-state index in [1.165, 1.54) is 7.11 Å². The molecule has 3 aromatic carbocycles. The number of carboxylic acids is 1. The number of ether oxygens (including phenoxy) is 1. The zero-order valence-electron chi connectivity index (χ0n) is 18.2. The van der Waals surface area contributed by atoms with Crippen LogP contribution in [0, 0.1) is 0 Å². The molecule has 0 aliphatic rings. The SMILES string of the molecule is COc1ccc(C(=O)N[C@@H](CCC(=O)O)C(=O)NC(c2ccccc2)c2ccccc2)cc1. The van der Waals surface area contributed by atoms with Gasteiger partial charge in [0.25, 0.3) is 5.91 Å². The largest absolute Gasteiger partial charge is 0.497 e. The van der Waals surface area contributed by atoms with Crippen LogP contribution in [0.3, 0.4) is 0 Å². The fourth-order valence-electron chi connectivity index (χ4n) is 3.41. The Hall–Kier alpha value is -4.13. The zero-order chi connectivity index (χ0) is 23.6. The molecule has 7 nitrogen and oxygen atoms in total. The van der Waals surface area contributed by atoms with Gasteiger partial charge in [-0.15, -0.1) is 0 Å². The van der Waals surface area contributed by atoms with Gasteiger partial charge in [0, 0.05) is 12.0 Å². The van der Waals surface area contributed by atoms with Crippen LogP contribution in [0.1, 0.15) is 40.4 Å². The van der Waals surface area contributed by atoms with E-state index in [-0.39, 0.29) is 12.8 Å². The van der Waals surface area contributed by atoms with Crippen LogP contribution in [0.4, 0.5) is 0 Å². The number of carboxylic acid groups (broad SMARTS) is 1. The van der Waals surface area contributed by atoms with Crippen LogP contribution in [0.25, 0.3) is 0 Å². The van der Waals surface area contributed by atoms with Crippen LogP contribution in [0.5, 0.6) is 5.75 Å². The minimum atomic E-state index is -1.05. The van der Waals surface area contributed by atoms with Crippen molar-refractivity contribution in [3.8, 4) is 5.75 Å². The molecule has 1 atom stereocenters. The van der Waals surface area contributed by atoms with E-state index >= 15 is 0 Å². The summed E-state index contributed by atoms with van der Waals surface area (Å²) in [6, 6.07) is 23.9. The van der Waals surface area contributed by atoms with Crippen LogP contribution in [0.2, 0.25) is 0 Å². The molecule has 0 heterocycles. The second kappa shape index (κ2) is 11.5. The summed E-state index contributed by atoms with van der Waals surface area (Å²) in [5, 5.41) is 14.8. The molecule has 7 heteroatoms. The van der Waals surface area contributed by atoms with E-state index in [9.17, 15) is 14.4 Å². The third-order valence-corrected chi connectivity index (χ3v) is 5.17. The molecule has 3 N–H and O–H groups in total. The number of carbonyl (C=O) groups excluding carboxylic acids is 2. The smallest absolute Gasteiger partial charge is 0.303 e. The summed E-state index contributed by atoms with van der Waals surface area (Å²) < 4.78 is 5.10. The molecule has 0 aliphatic carbocycles. The average Bonchev–Trinajstić information content (AvgIpc) is 2.85. The molecule has 0 bridgehead atoms. The molecular formula is C26H26N2O5. The summed E-state index contributed by atoms with van der Waals surface area (Å²) in [4.78, 5) is 37.2. The molecule has 3 rings (SSSR count). The van der Waals surface area contributed by atoms with Crippen molar-refractivity contribution < 1.29 is 24.2 Å². The van der Waals surface area contributed by atoms with Crippen molar-refractivity contribution in [1.29, 1.82) is 0 Å². The van der Waals surface area contributed by atoms with Gasteiger partial charge < -0.3 is 20.5 Å². The lowest BCUT2D eigenvalue weighted by molar-refractivity contribution is -0.137. The van der Waals surface area contributed by atoms with E-state index in [2.05, 4.69) is 10.6 Å². The van der Waals surface area contributed by atoms with Crippen molar-refractivity contribution in [3.63, 3.8) is 0 Å². The maximum atomic E-state index is 13.2. The Bertz CT molecular complexity index is 1030. The first-order chi connectivity index (χ1) is 16.0. The van der Waals surface area contributed by atoms with Crippen molar-refractivity contribution in [3.05, 3.63) is 102 Å². The Morgan fingerprint density at radius 1 is 0.818 bits per heavy atom. The fraction of sp³-hybridized carbons (Fsp3) is 0.192. The van der Waals surface area contributed by atoms with Crippen molar-refractivity contribution in [2.75, 3.05) is 7.11 Å². The molecule has 0 aromatic heterocycles. The summed E-state index contributed by atoms with van der Waals surface area (Å²) in [5.74, 6) is -1.38. The van der Waals surface area contributed by atoms with Crippen molar-refractivity contribution in [2.45, 2.75) is 24.9 Å². The standard InChI is InChI=1S/C26H26N2O5/c1-33-21-14-12-20(13-15-21)25(31)27-22(16-17-23(29)30)26(32)28-24(18-8-4-2-5-9-18)19-10-6-3-7-11-19/h2-15,22,24H,16-17H2,1H3,(H,27,31)(H,28,32)(H,29,30)/t22-/m0/s1. The molecule has 0 aliphatic heterocycles. The first kappa shape index (κ1) is 23.5. The lowest BCUT2D eigenvalue weighted by atomic mass is 9.98. The van der Waals surface area contributed by atoms with Crippen molar-refractivity contribution in [2.24, 2.45) is 0 Å². The van der Waals surface area contributed by atoms with Gasteiger partial charge in [0.15, 0.2) is 0 Å². The van der Waals surface area contributed by atoms with Crippen LogP contribution >= 0.6 is 0 Å². The van der Waals surface area contributed by atoms with Gasteiger partial charge in [-0.25, -0.2) is 0 Å². The number of nitrogens with one attached hydrogen (secondary N) is 2. The molecule has 0 radical (unpaired) electrons. The summed E-state index contributed by atoms with van der Waals surface area (Å²) in [6.45, 7) is 0. The van der Waals surface area contributed by atoms with Gasteiger partial charge in [-0.2, -0.15) is 0 Å². The maximum Gasteiger partial charge on any atom is 0.303 e. The lowest BCUT2D eigenvalue weighted by Crippen LogP contribution is -2.48. The fourth-order valence-corrected chi connectivity index (χ4v) is 3.41. The Balaban J connectivity index is 1.81. The summed E-state index contributed by atoms with van der Waals surface area (Å²) in [6.07, 6.45) is -0.304. The summed E-state index contributed by atoms with van der Waals surface area (Å²) in [7, 11) is 1.53. The molecule has 0 saturated heterocycles. The van der Waals surface area contributed by atoms with Gasteiger partial charge in [-0.3, -0.25) is 14.4 Å².